The molecule has 1 amide bonds. The maximum Gasteiger partial charge on any atom is 0.254 e. The van der Waals surface area contributed by atoms with Gasteiger partial charge in [0.05, 0.1) is 25.4 Å². The first kappa shape index (κ1) is 15.0. The Hall–Kier alpha value is -1.43. The average Bonchev–Trinajstić information content (AvgIpc) is 2.46. The molecule has 1 aliphatic rings. The second-order valence-corrected chi connectivity index (χ2v) is 5.05. The van der Waals surface area contributed by atoms with Gasteiger partial charge in [0.1, 0.15) is 0 Å². The second-order valence-electron chi connectivity index (χ2n) is 5.05. The van der Waals surface area contributed by atoms with Crippen LogP contribution < -0.4 is 0 Å². The zero-order valence-corrected chi connectivity index (χ0v) is 11.9. The van der Waals surface area contributed by atoms with Gasteiger partial charge in [-0.15, -0.1) is 0 Å². The number of ether oxygens (including phenoxy) is 2. The van der Waals surface area contributed by atoms with Gasteiger partial charge in [-0.05, 0) is 18.6 Å². The Labute approximate surface area is 119 Å². The van der Waals surface area contributed by atoms with Crippen molar-refractivity contribution >= 4 is 5.91 Å². The Morgan fingerprint density at radius 3 is 2.90 bits per heavy atom. The van der Waals surface area contributed by atoms with Crippen molar-refractivity contribution < 1.29 is 19.4 Å². The molecule has 1 aliphatic heterocycles. The fourth-order valence-corrected chi connectivity index (χ4v) is 2.49. The number of carbonyl (C=O) groups is 1. The highest BCUT2D eigenvalue weighted by Gasteiger charge is 2.29. The summed E-state index contributed by atoms with van der Waals surface area (Å²) in [6, 6.07) is 7.44. The van der Waals surface area contributed by atoms with Crippen LogP contribution >= 0.6 is 0 Å². The summed E-state index contributed by atoms with van der Waals surface area (Å²) in [5.41, 5.74) is 1.53. The number of aliphatic hydroxyl groups is 1. The van der Waals surface area contributed by atoms with Crippen molar-refractivity contribution in [3.8, 4) is 0 Å². The van der Waals surface area contributed by atoms with Gasteiger partial charge in [0.25, 0.3) is 5.91 Å². The maximum atomic E-state index is 12.6. The topological polar surface area (TPSA) is 59.0 Å². The minimum atomic E-state index is -0.308. The lowest BCUT2D eigenvalue weighted by Crippen LogP contribution is -2.50. The predicted octanol–water partition coefficient (Wildman–Crippen LogP) is 1.05. The number of rotatable bonds is 4. The molecule has 20 heavy (non-hydrogen) atoms. The van der Waals surface area contributed by atoms with E-state index in [4.69, 9.17) is 9.47 Å². The molecule has 2 atom stereocenters. The molecule has 1 saturated heterocycles. The number of nitrogens with zero attached hydrogens (tertiary/aromatic N) is 1. The third-order valence-corrected chi connectivity index (χ3v) is 3.36. The highest BCUT2D eigenvalue weighted by molar-refractivity contribution is 5.95. The Morgan fingerprint density at radius 1 is 1.45 bits per heavy atom. The molecule has 1 N–H and O–H groups in total. The zero-order chi connectivity index (χ0) is 14.5. The minimum absolute atomic E-state index is 0.0359. The molecule has 0 aliphatic carbocycles. The van der Waals surface area contributed by atoms with Gasteiger partial charge in [-0.1, -0.05) is 18.2 Å². The molecule has 1 aromatic carbocycles. The molecule has 0 bridgehead atoms. The lowest BCUT2D eigenvalue weighted by Gasteiger charge is -2.36. The largest absolute Gasteiger partial charge is 0.394 e. The van der Waals surface area contributed by atoms with E-state index in [2.05, 4.69) is 0 Å². The van der Waals surface area contributed by atoms with Crippen LogP contribution in [0.15, 0.2) is 24.3 Å². The van der Waals surface area contributed by atoms with Gasteiger partial charge in [-0.25, -0.2) is 0 Å². The van der Waals surface area contributed by atoms with E-state index in [-0.39, 0.29) is 24.7 Å². The van der Waals surface area contributed by atoms with E-state index in [1.165, 1.54) is 0 Å². The number of morpholine rings is 1. The van der Waals surface area contributed by atoms with E-state index < -0.39 is 0 Å². The molecule has 0 spiro atoms. The number of hydrogen-bond donors (Lipinski definition) is 1. The Bertz CT molecular complexity index is 463. The number of benzene rings is 1. The molecular formula is C15H21NO4. The summed E-state index contributed by atoms with van der Waals surface area (Å²) < 4.78 is 10.7. The van der Waals surface area contributed by atoms with Crippen LogP contribution in [0, 0.1) is 0 Å². The number of methoxy groups -OCH3 is 1. The third-order valence-electron chi connectivity index (χ3n) is 3.36. The first-order valence-corrected chi connectivity index (χ1v) is 6.78. The molecule has 1 fully saturated rings. The first-order chi connectivity index (χ1) is 9.65. The van der Waals surface area contributed by atoms with Crippen LogP contribution in [0.25, 0.3) is 0 Å². The number of amides is 1. The van der Waals surface area contributed by atoms with Crippen molar-refractivity contribution in [3.05, 3.63) is 35.4 Å². The third kappa shape index (κ3) is 3.36. The number of aliphatic hydroxyl groups excluding tert-OH is 1. The second kappa shape index (κ2) is 6.83. The van der Waals surface area contributed by atoms with Gasteiger partial charge in [-0.2, -0.15) is 0 Å². The molecule has 0 radical (unpaired) electrons. The van der Waals surface area contributed by atoms with E-state index in [1.807, 2.05) is 31.2 Å². The number of carbonyl (C=O) groups excluding carboxylic acids is 1. The summed E-state index contributed by atoms with van der Waals surface area (Å²) in [4.78, 5) is 14.4. The standard InChI is InChI=1S/C15H21NO4/c1-11-7-16(8-13(9-17)20-11)15(18)14-6-4-3-5-12(14)10-19-2/h3-6,11,13,17H,7-10H2,1-2H3. The van der Waals surface area contributed by atoms with Crippen LogP contribution in [0.5, 0.6) is 0 Å². The van der Waals surface area contributed by atoms with E-state index in [9.17, 15) is 9.90 Å². The van der Waals surface area contributed by atoms with E-state index in [1.54, 1.807) is 12.0 Å². The van der Waals surface area contributed by atoms with Crippen LogP contribution in [0.3, 0.4) is 0 Å². The molecule has 0 saturated carbocycles. The maximum absolute atomic E-state index is 12.6. The molecule has 1 aromatic rings. The SMILES string of the molecule is COCc1ccccc1C(=O)N1CC(C)OC(CO)C1. The molecule has 110 valence electrons. The van der Waals surface area contributed by atoms with Crippen molar-refractivity contribution in [1.82, 2.24) is 4.90 Å². The average molecular weight is 279 g/mol. The molecule has 5 heteroatoms. The van der Waals surface area contributed by atoms with Crippen LogP contribution in [-0.2, 0) is 16.1 Å². The highest BCUT2D eigenvalue weighted by Crippen LogP contribution is 2.17. The minimum Gasteiger partial charge on any atom is -0.394 e. The summed E-state index contributed by atoms with van der Waals surface area (Å²) in [6.45, 7) is 3.19. The fourth-order valence-electron chi connectivity index (χ4n) is 2.49. The monoisotopic (exact) mass is 279 g/mol. The molecule has 1 heterocycles. The van der Waals surface area contributed by atoms with Crippen molar-refractivity contribution in [2.24, 2.45) is 0 Å². The van der Waals surface area contributed by atoms with Gasteiger partial charge in [0.2, 0.25) is 0 Å². The van der Waals surface area contributed by atoms with Gasteiger partial charge in [0.15, 0.2) is 0 Å². The van der Waals surface area contributed by atoms with E-state index in [0.29, 0.717) is 25.3 Å². The van der Waals surface area contributed by atoms with E-state index in [0.717, 1.165) is 5.56 Å². The summed E-state index contributed by atoms with van der Waals surface area (Å²) in [7, 11) is 1.61. The summed E-state index contributed by atoms with van der Waals surface area (Å²) in [5.74, 6) is -0.0359. The van der Waals surface area contributed by atoms with Crippen LogP contribution in [0.1, 0.15) is 22.8 Å². The zero-order valence-electron chi connectivity index (χ0n) is 11.9. The Morgan fingerprint density at radius 2 is 2.20 bits per heavy atom. The Balaban J connectivity index is 2.18. The van der Waals surface area contributed by atoms with Crippen LogP contribution in [-0.4, -0.2) is 54.9 Å². The smallest absolute Gasteiger partial charge is 0.254 e. The van der Waals surface area contributed by atoms with Crippen LogP contribution in [0.4, 0.5) is 0 Å². The van der Waals surface area contributed by atoms with E-state index >= 15 is 0 Å². The summed E-state index contributed by atoms with van der Waals surface area (Å²) >= 11 is 0. The molecular weight excluding hydrogens is 258 g/mol. The highest BCUT2D eigenvalue weighted by atomic mass is 16.5. The fraction of sp³-hybridized carbons (Fsp3) is 0.533. The quantitative estimate of drug-likeness (QED) is 0.895. The summed E-state index contributed by atoms with van der Waals surface area (Å²) in [5, 5.41) is 9.23. The van der Waals surface area contributed by atoms with Crippen molar-refractivity contribution in [2.45, 2.75) is 25.7 Å². The predicted molar refractivity (Wildman–Crippen MR) is 74.5 cm³/mol. The van der Waals surface area contributed by atoms with Crippen LogP contribution in [0.2, 0.25) is 0 Å². The van der Waals surface area contributed by atoms with Crippen molar-refractivity contribution in [2.75, 3.05) is 26.8 Å². The normalized spacial score (nSPS) is 22.9. The van der Waals surface area contributed by atoms with Crippen molar-refractivity contribution in [1.29, 1.82) is 0 Å². The van der Waals surface area contributed by atoms with Gasteiger partial charge in [0, 0.05) is 25.8 Å². The number of hydrogen-bond acceptors (Lipinski definition) is 4. The Kier molecular flexibility index (Phi) is 5.11. The molecule has 2 unspecified atom stereocenters. The molecule has 0 aromatic heterocycles. The van der Waals surface area contributed by atoms with Gasteiger partial charge < -0.3 is 19.5 Å². The van der Waals surface area contributed by atoms with Crippen molar-refractivity contribution in [3.63, 3.8) is 0 Å². The first-order valence-electron chi connectivity index (χ1n) is 6.78. The molecule has 5 nitrogen and oxygen atoms in total. The summed E-state index contributed by atoms with van der Waals surface area (Å²) in [6.07, 6.45) is -0.378. The van der Waals surface area contributed by atoms with Gasteiger partial charge in [-0.3, -0.25) is 4.79 Å². The molecule has 2 rings (SSSR count). The van der Waals surface area contributed by atoms with Gasteiger partial charge >= 0.3 is 0 Å². The lowest BCUT2D eigenvalue weighted by molar-refractivity contribution is -0.0859. The lowest BCUT2D eigenvalue weighted by atomic mass is 10.1.